The van der Waals surface area contributed by atoms with Crippen LogP contribution in [0.1, 0.15) is 20.3 Å². The highest BCUT2D eigenvalue weighted by atomic mass is 16.4. The van der Waals surface area contributed by atoms with Crippen LogP contribution in [0.5, 0.6) is 0 Å². The lowest BCUT2D eigenvalue weighted by atomic mass is 10.0. The van der Waals surface area contributed by atoms with E-state index in [1.807, 2.05) is 13.8 Å². The van der Waals surface area contributed by atoms with Gasteiger partial charge in [-0.15, -0.1) is 0 Å². The minimum absolute atomic E-state index is 0.0166. The van der Waals surface area contributed by atoms with Crippen molar-refractivity contribution in [2.45, 2.75) is 26.3 Å². The van der Waals surface area contributed by atoms with Gasteiger partial charge in [0, 0.05) is 6.04 Å². The first-order chi connectivity index (χ1) is 5.43. The van der Waals surface area contributed by atoms with Crippen LogP contribution in [-0.2, 0) is 4.79 Å². The van der Waals surface area contributed by atoms with E-state index in [1.165, 1.54) is 0 Å². The molecule has 0 amide bonds. The number of nitrogens with one attached hydrogen (secondary N) is 2. The molecule has 12 heavy (non-hydrogen) atoms. The molecule has 0 saturated carbocycles. The normalized spacial score (nSPS) is 12.6. The molecule has 0 aromatic rings. The van der Waals surface area contributed by atoms with Crippen LogP contribution < -0.4 is 11.1 Å². The van der Waals surface area contributed by atoms with E-state index in [9.17, 15) is 4.79 Å². The molecule has 0 aromatic heterocycles. The maximum Gasteiger partial charge on any atom is 0.305 e. The second-order valence-electron chi connectivity index (χ2n) is 3.01. The minimum atomic E-state index is -0.887. The SMILES string of the molecule is CC(C)[C@H](CC(=O)O)NC(=N)N. The Morgan fingerprint density at radius 1 is 1.67 bits per heavy atom. The van der Waals surface area contributed by atoms with Crippen molar-refractivity contribution in [3.05, 3.63) is 0 Å². The summed E-state index contributed by atoms with van der Waals surface area (Å²) in [6.07, 6.45) is -0.0166. The summed E-state index contributed by atoms with van der Waals surface area (Å²) >= 11 is 0. The first-order valence-electron chi connectivity index (χ1n) is 3.75. The Kier molecular flexibility index (Phi) is 4.10. The molecule has 0 radical (unpaired) electrons. The number of rotatable bonds is 4. The molecule has 0 aliphatic heterocycles. The zero-order valence-electron chi connectivity index (χ0n) is 7.29. The zero-order valence-corrected chi connectivity index (χ0v) is 7.29. The van der Waals surface area contributed by atoms with Gasteiger partial charge < -0.3 is 16.2 Å². The van der Waals surface area contributed by atoms with Gasteiger partial charge in [0.1, 0.15) is 0 Å². The lowest BCUT2D eigenvalue weighted by Crippen LogP contribution is -2.43. The molecule has 5 nitrogen and oxygen atoms in total. The molecule has 0 unspecified atom stereocenters. The van der Waals surface area contributed by atoms with Crippen LogP contribution in [0.4, 0.5) is 0 Å². The molecule has 0 rings (SSSR count). The topological polar surface area (TPSA) is 99.2 Å². The Balaban J connectivity index is 4.04. The van der Waals surface area contributed by atoms with Gasteiger partial charge in [-0.1, -0.05) is 13.8 Å². The van der Waals surface area contributed by atoms with Crippen molar-refractivity contribution in [3.63, 3.8) is 0 Å². The minimum Gasteiger partial charge on any atom is -0.481 e. The first kappa shape index (κ1) is 10.7. The molecule has 0 aliphatic carbocycles. The molecule has 5 heteroatoms. The molecular weight excluding hydrogens is 158 g/mol. The van der Waals surface area contributed by atoms with E-state index in [-0.39, 0.29) is 24.3 Å². The largest absolute Gasteiger partial charge is 0.481 e. The van der Waals surface area contributed by atoms with Gasteiger partial charge in [0.05, 0.1) is 6.42 Å². The van der Waals surface area contributed by atoms with E-state index in [4.69, 9.17) is 16.2 Å². The van der Waals surface area contributed by atoms with E-state index in [1.54, 1.807) is 0 Å². The molecule has 0 heterocycles. The lowest BCUT2D eigenvalue weighted by molar-refractivity contribution is -0.137. The van der Waals surface area contributed by atoms with Crippen molar-refractivity contribution in [1.29, 1.82) is 5.41 Å². The van der Waals surface area contributed by atoms with Crippen molar-refractivity contribution < 1.29 is 9.90 Å². The Morgan fingerprint density at radius 3 is 2.42 bits per heavy atom. The van der Waals surface area contributed by atoms with Crippen LogP contribution in [0.25, 0.3) is 0 Å². The van der Waals surface area contributed by atoms with Crippen LogP contribution >= 0.6 is 0 Å². The summed E-state index contributed by atoms with van der Waals surface area (Å²) in [5.41, 5.74) is 5.09. The summed E-state index contributed by atoms with van der Waals surface area (Å²) in [5.74, 6) is -0.928. The number of carbonyl (C=O) groups is 1. The van der Waals surface area contributed by atoms with E-state index in [2.05, 4.69) is 5.32 Å². The average molecular weight is 173 g/mol. The molecule has 1 atom stereocenters. The summed E-state index contributed by atoms with van der Waals surface area (Å²) in [4.78, 5) is 10.3. The molecule has 0 aliphatic rings. The Hall–Kier alpha value is -1.26. The Labute approximate surface area is 71.5 Å². The number of carboxylic acids is 1. The molecule has 0 aromatic carbocycles. The summed E-state index contributed by atoms with van der Waals surface area (Å²) in [7, 11) is 0. The fourth-order valence-electron chi connectivity index (χ4n) is 0.841. The standard InChI is InChI=1S/C7H15N3O2/c1-4(2)5(3-6(11)12)10-7(8)9/h4-5H,3H2,1-2H3,(H,11,12)(H4,8,9,10)/t5-/m0/s1. The van der Waals surface area contributed by atoms with Crippen LogP contribution in [0, 0.1) is 11.3 Å². The van der Waals surface area contributed by atoms with Gasteiger partial charge in [0.25, 0.3) is 0 Å². The van der Waals surface area contributed by atoms with Crippen molar-refractivity contribution in [2.24, 2.45) is 11.7 Å². The third-order valence-corrected chi connectivity index (χ3v) is 1.54. The number of hydrogen-bond acceptors (Lipinski definition) is 2. The predicted octanol–water partition coefficient (Wildman–Crippen LogP) is -0.0312. The maximum absolute atomic E-state index is 10.3. The quantitative estimate of drug-likeness (QED) is 0.354. The fourth-order valence-corrected chi connectivity index (χ4v) is 0.841. The maximum atomic E-state index is 10.3. The van der Waals surface area contributed by atoms with Crippen LogP contribution in [0.2, 0.25) is 0 Å². The average Bonchev–Trinajstić information content (AvgIpc) is 1.83. The van der Waals surface area contributed by atoms with Gasteiger partial charge >= 0.3 is 5.97 Å². The second kappa shape index (κ2) is 4.58. The van der Waals surface area contributed by atoms with Crippen molar-refractivity contribution >= 4 is 11.9 Å². The summed E-state index contributed by atoms with van der Waals surface area (Å²) in [5, 5.41) is 18.0. The van der Waals surface area contributed by atoms with E-state index >= 15 is 0 Å². The van der Waals surface area contributed by atoms with Gasteiger partial charge in [-0.2, -0.15) is 0 Å². The highest BCUT2D eigenvalue weighted by Crippen LogP contribution is 2.05. The fraction of sp³-hybridized carbons (Fsp3) is 0.714. The monoisotopic (exact) mass is 173 g/mol. The van der Waals surface area contributed by atoms with Gasteiger partial charge in [-0.05, 0) is 5.92 Å². The molecule has 0 spiro atoms. The molecule has 70 valence electrons. The Morgan fingerprint density at radius 2 is 2.17 bits per heavy atom. The van der Waals surface area contributed by atoms with Crippen LogP contribution in [0.3, 0.4) is 0 Å². The smallest absolute Gasteiger partial charge is 0.305 e. The van der Waals surface area contributed by atoms with Gasteiger partial charge in [-0.3, -0.25) is 10.2 Å². The number of guanidine groups is 1. The second-order valence-corrected chi connectivity index (χ2v) is 3.01. The highest BCUT2D eigenvalue weighted by Gasteiger charge is 2.16. The summed E-state index contributed by atoms with van der Waals surface area (Å²) in [6, 6.07) is -0.264. The van der Waals surface area contributed by atoms with Crippen molar-refractivity contribution in [1.82, 2.24) is 5.32 Å². The summed E-state index contributed by atoms with van der Waals surface area (Å²) < 4.78 is 0. The number of carboxylic acid groups (broad SMARTS) is 1. The van der Waals surface area contributed by atoms with Gasteiger partial charge in [0.2, 0.25) is 0 Å². The van der Waals surface area contributed by atoms with E-state index < -0.39 is 5.97 Å². The molecule has 0 bridgehead atoms. The summed E-state index contributed by atoms with van der Waals surface area (Å²) in [6.45, 7) is 3.76. The first-order valence-corrected chi connectivity index (χ1v) is 3.75. The van der Waals surface area contributed by atoms with E-state index in [0.29, 0.717) is 0 Å². The highest BCUT2D eigenvalue weighted by molar-refractivity contribution is 5.76. The van der Waals surface area contributed by atoms with Gasteiger partial charge in [-0.25, -0.2) is 0 Å². The zero-order chi connectivity index (χ0) is 9.72. The van der Waals surface area contributed by atoms with Crippen molar-refractivity contribution in [3.8, 4) is 0 Å². The van der Waals surface area contributed by atoms with Crippen LogP contribution in [-0.4, -0.2) is 23.1 Å². The third kappa shape index (κ3) is 4.54. The van der Waals surface area contributed by atoms with Crippen LogP contribution in [0.15, 0.2) is 0 Å². The molecular formula is C7H15N3O2. The predicted molar refractivity (Wildman–Crippen MR) is 45.9 cm³/mol. The molecule has 5 N–H and O–H groups in total. The number of hydrogen-bond donors (Lipinski definition) is 4. The lowest BCUT2D eigenvalue weighted by Gasteiger charge is -2.20. The van der Waals surface area contributed by atoms with Crippen molar-refractivity contribution in [2.75, 3.05) is 0 Å². The Bertz CT molecular complexity index is 163. The number of nitrogens with two attached hydrogens (primary N) is 1. The third-order valence-electron chi connectivity index (χ3n) is 1.54. The number of aliphatic carboxylic acids is 1. The van der Waals surface area contributed by atoms with Gasteiger partial charge in [0.15, 0.2) is 5.96 Å². The van der Waals surface area contributed by atoms with E-state index in [0.717, 1.165) is 0 Å². The molecule has 0 fully saturated rings. The molecule has 0 saturated heterocycles.